The molecule has 0 unspecified atom stereocenters. The molecule has 6 nitrogen and oxygen atoms in total. The van der Waals surface area contributed by atoms with Gasteiger partial charge in [0.05, 0.1) is 17.6 Å². The van der Waals surface area contributed by atoms with Gasteiger partial charge < -0.3 is 4.57 Å². The van der Waals surface area contributed by atoms with Crippen LogP contribution in [0, 0.1) is 19.8 Å². The molecule has 6 heteroatoms. The summed E-state index contributed by atoms with van der Waals surface area (Å²) in [5.41, 5.74) is 4.03. The molecule has 0 saturated heterocycles. The van der Waals surface area contributed by atoms with Crippen LogP contribution in [0.4, 0.5) is 0 Å². The van der Waals surface area contributed by atoms with Gasteiger partial charge in [0, 0.05) is 6.54 Å². The standard InChI is InChI=1S/C23H24N4O2/c1-14(2)12-26-19-11-16(4)15(3)10-18(19)24-20-21(26)25-23(29)27(22(20)28)13-17-8-6-5-7-9-17/h5-11,14H,12-13H2,1-4H3. The first kappa shape index (κ1) is 19.1. The van der Waals surface area contributed by atoms with Crippen LogP contribution in [0.3, 0.4) is 0 Å². The highest BCUT2D eigenvalue weighted by molar-refractivity contribution is 5.81. The van der Waals surface area contributed by atoms with Crippen LogP contribution >= 0.6 is 0 Å². The van der Waals surface area contributed by atoms with Crippen molar-refractivity contribution in [3.63, 3.8) is 0 Å². The Kier molecular flexibility index (Phi) is 4.78. The predicted molar refractivity (Wildman–Crippen MR) is 115 cm³/mol. The van der Waals surface area contributed by atoms with Crippen LogP contribution in [-0.2, 0) is 13.1 Å². The normalized spacial score (nSPS) is 11.6. The minimum absolute atomic E-state index is 0.179. The molecule has 2 aromatic rings. The molecule has 0 spiro atoms. The van der Waals surface area contributed by atoms with E-state index in [2.05, 4.69) is 29.9 Å². The number of aromatic nitrogens is 4. The van der Waals surface area contributed by atoms with Gasteiger partial charge in [0.1, 0.15) is 0 Å². The number of aryl methyl sites for hydroxylation is 2. The van der Waals surface area contributed by atoms with Crippen LogP contribution in [0.15, 0.2) is 52.1 Å². The molecule has 0 atom stereocenters. The van der Waals surface area contributed by atoms with Crippen molar-refractivity contribution in [3.05, 3.63) is 80.0 Å². The molecular formula is C23H24N4O2. The Balaban J connectivity index is 2.04. The Morgan fingerprint density at radius 2 is 1.62 bits per heavy atom. The van der Waals surface area contributed by atoms with E-state index in [1.54, 1.807) is 0 Å². The number of hydrogen-bond acceptors (Lipinski definition) is 4. The van der Waals surface area contributed by atoms with Crippen molar-refractivity contribution >= 4 is 11.0 Å². The van der Waals surface area contributed by atoms with Gasteiger partial charge in [-0.1, -0.05) is 44.2 Å². The lowest BCUT2D eigenvalue weighted by Crippen LogP contribution is -2.39. The second kappa shape index (κ2) is 7.28. The maximum atomic E-state index is 13.2. The van der Waals surface area contributed by atoms with Gasteiger partial charge in [-0.25, -0.2) is 9.78 Å². The fourth-order valence-corrected chi connectivity index (χ4v) is 3.58. The number of benzene rings is 2. The molecule has 148 valence electrons. The number of rotatable bonds is 4. The van der Waals surface area contributed by atoms with Gasteiger partial charge in [0.25, 0.3) is 5.56 Å². The minimum Gasteiger partial charge on any atom is -0.322 e. The lowest BCUT2D eigenvalue weighted by atomic mass is 10.1. The van der Waals surface area contributed by atoms with Crippen molar-refractivity contribution < 1.29 is 0 Å². The molecule has 4 rings (SSSR count). The van der Waals surface area contributed by atoms with Gasteiger partial charge in [-0.15, -0.1) is 0 Å². The largest absolute Gasteiger partial charge is 0.352 e. The zero-order chi connectivity index (χ0) is 20.7. The lowest BCUT2D eigenvalue weighted by Gasteiger charge is -2.20. The second-order valence-electron chi connectivity index (χ2n) is 7.98. The van der Waals surface area contributed by atoms with E-state index in [1.165, 1.54) is 0 Å². The summed E-state index contributed by atoms with van der Waals surface area (Å²) in [5, 5.41) is 0. The topological polar surface area (TPSA) is 69.8 Å². The zero-order valence-corrected chi connectivity index (χ0v) is 17.1. The van der Waals surface area contributed by atoms with Gasteiger partial charge in [-0.05, 0) is 48.6 Å². The minimum atomic E-state index is -0.547. The summed E-state index contributed by atoms with van der Waals surface area (Å²) in [6, 6.07) is 13.5. The lowest BCUT2D eigenvalue weighted by molar-refractivity contribution is 0.527. The molecule has 2 aromatic carbocycles. The Labute approximate surface area is 168 Å². The molecule has 0 aliphatic carbocycles. The molecular weight excluding hydrogens is 364 g/mol. The number of fused-ring (bicyclic) bond motifs is 2. The van der Waals surface area contributed by atoms with Crippen LogP contribution in [0.1, 0.15) is 30.5 Å². The highest BCUT2D eigenvalue weighted by Crippen LogP contribution is 2.24. The van der Waals surface area contributed by atoms with Crippen LogP contribution in [0.25, 0.3) is 22.6 Å². The highest BCUT2D eigenvalue weighted by atomic mass is 16.2. The third kappa shape index (κ3) is 3.46. The first-order chi connectivity index (χ1) is 13.8. The van der Waals surface area contributed by atoms with E-state index in [0.29, 0.717) is 18.3 Å². The van der Waals surface area contributed by atoms with Crippen LogP contribution in [0.2, 0.25) is 0 Å². The molecule has 0 fully saturated rings. The van der Waals surface area contributed by atoms with Gasteiger partial charge in [0.2, 0.25) is 0 Å². The quantitative estimate of drug-likeness (QED) is 0.503. The second-order valence-corrected chi connectivity index (χ2v) is 7.98. The summed E-state index contributed by atoms with van der Waals surface area (Å²) in [7, 11) is 0. The molecule has 0 saturated carbocycles. The van der Waals surface area contributed by atoms with Gasteiger partial charge in [-0.2, -0.15) is 4.98 Å². The van der Waals surface area contributed by atoms with Crippen LogP contribution in [0.5, 0.6) is 0 Å². The Hall–Kier alpha value is -3.28. The monoisotopic (exact) mass is 388 g/mol. The fraction of sp³-hybridized carbons (Fsp3) is 0.304. The van der Waals surface area contributed by atoms with Gasteiger partial charge in [-0.3, -0.25) is 9.36 Å². The van der Waals surface area contributed by atoms with Crippen molar-refractivity contribution in [2.24, 2.45) is 5.92 Å². The van der Waals surface area contributed by atoms with E-state index in [1.807, 2.05) is 54.8 Å². The predicted octanol–water partition coefficient (Wildman–Crippen LogP) is 3.38. The SMILES string of the molecule is Cc1cc2nc3c(=O)n(Cc4ccccc4)c(=O)nc-3n(CC(C)C)c2cc1C. The van der Waals surface area contributed by atoms with Crippen molar-refractivity contribution in [2.75, 3.05) is 0 Å². The Bertz CT molecular complexity index is 1290. The summed E-state index contributed by atoms with van der Waals surface area (Å²) in [6.07, 6.45) is 0. The van der Waals surface area contributed by atoms with E-state index in [-0.39, 0.29) is 12.2 Å². The van der Waals surface area contributed by atoms with E-state index < -0.39 is 11.2 Å². The fourth-order valence-electron chi connectivity index (χ4n) is 3.58. The average molecular weight is 388 g/mol. The molecule has 0 amide bonds. The zero-order valence-electron chi connectivity index (χ0n) is 17.1. The summed E-state index contributed by atoms with van der Waals surface area (Å²) in [6.45, 7) is 9.09. The van der Waals surface area contributed by atoms with E-state index in [9.17, 15) is 9.59 Å². The summed E-state index contributed by atoms with van der Waals surface area (Å²) in [4.78, 5) is 34.9. The van der Waals surface area contributed by atoms with Crippen LogP contribution in [-0.4, -0.2) is 19.1 Å². The van der Waals surface area contributed by atoms with Crippen molar-refractivity contribution in [3.8, 4) is 11.5 Å². The van der Waals surface area contributed by atoms with Gasteiger partial charge >= 0.3 is 5.69 Å². The molecule has 2 aliphatic heterocycles. The Morgan fingerprint density at radius 1 is 0.931 bits per heavy atom. The highest BCUT2D eigenvalue weighted by Gasteiger charge is 2.22. The van der Waals surface area contributed by atoms with Crippen molar-refractivity contribution in [1.29, 1.82) is 0 Å². The van der Waals surface area contributed by atoms with E-state index in [4.69, 9.17) is 0 Å². The van der Waals surface area contributed by atoms with Crippen LogP contribution < -0.4 is 11.2 Å². The maximum Gasteiger partial charge on any atom is 0.352 e. The first-order valence-corrected chi connectivity index (χ1v) is 9.81. The molecule has 0 N–H and O–H groups in total. The first-order valence-electron chi connectivity index (χ1n) is 9.81. The third-order valence-electron chi connectivity index (χ3n) is 5.19. The number of hydrogen-bond donors (Lipinski definition) is 0. The summed E-state index contributed by atoms with van der Waals surface area (Å²) < 4.78 is 3.13. The average Bonchev–Trinajstić information content (AvgIpc) is 2.68. The molecule has 0 bridgehead atoms. The summed E-state index contributed by atoms with van der Waals surface area (Å²) in [5.74, 6) is 0.674. The molecule has 2 aliphatic rings. The summed E-state index contributed by atoms with van der Waals surface area (Å²) >= 11 is 0. The van der Waals surface area contributed by atoms with Crippen molar-refractivity contribution in [2.45, 2.75) is 40.8 Å². The van der Waals surface area contributed by atoms with Crippen molar-refractivity contribution in [1.82, 2.24) is 19.1 Å². The third-order valence-corrected chi connectivity index (χ3v) is 5.19. The maximum absolute atomic E-state index is 13.2. The van der Waals surface area contributed by atoms with Gasteiger partial charge in [0.15, 0.2) is 11.5 Å². The molecule has 0 radical (unpaired) electrons. The van der Waals surface area contributed by atoms with E-state index in [0.717, 1.165) is 32.3 Å². The Morgan fingerprint density at radius 3 is 2.31 bits per heavy atom. The molecule has 2 heterocycles. The number of nitrogens with zero attached hydrogens (tertiary/aromatic N) is 4. The molecule has 0 aromatic heterocycles. The smallest absolute Gasteiger partial charge is 0.322 e. The molecule has 29 heavy (non-hydrogen) atoms. The van der Waals surface area contributed by atoms with E-state index >= 15 is 0 Å².